The third kappa shape index (κ3) is 2.76. The highest BCUT2D eigenvalue weighted by atomic mass is 16.2. The number of nitrogen functional groups attached to an aromatic ring is 1. The molecule has 0 aromatic carbocycles. The molecule has 18 heavy (non-hydrogen) atoms. The van der Waals surface area contributed by atoms with Gasteiger partial charge in [-0.25, -0.2) is 9.97 Å². The molecule has 1 aromatic rings. The van der Waals surface area contributed by atoms with Crippen LogP contribution in [0.4, 0.5) is 5.82 Å². The fraction of sp³-hybridized carbons (Fsp3) is 0.583. The van der Waals surface area contributed by atoms with E-state index in [1.54, 1.807) is 4.90 Å². The van der Waals surface area contributed by atoms with Gasteiger partial charge >= 0.3 is 0 Å². The number of hydrogen-bond donors (Lipinski definition) is 1. The SMILES string of the molecule is CN1CCCC(N(C)C(=O)c2cnc(N)cn2)C1. The number of amides is 1. The van der Waals surface area contributed by atoms with E-state index in [1.165, 1.54) is 12.4 Å². The standard InChI is InChI=1S/C12H19N5O/c1-16-5-3-4-9(8-16)17(2)12(18)10-6-15-11(13)7-14-10/h6-7,9H,3-5,8H2,1-2H3,(H2,13,15). The molecule has 1 fully saturated rings. The number of hydrogen-bond acceptors (Lipinski definition) is 5. The second kappa shape index (κ2) is 5.30. The smallest absolute Gasteiger partial charge is 0.274 e. The summed E-state index contributed by atoms with van der Waals surface area (Å²) in [5, 5.41) is 0. The lowest BCUT2D eigenvalue weighted by molar-refractivity contribution is 0.0638. The molecular formula is C12H19N5O. The van der Waals surface area contributed by atoms with Gasteiger partial charge in [0.25, 0.3) is 5.91 Å². The quantitative estimate of drug-likeness (QED) is 0.811. The molecule has 2 N–H and O–H groups in total. The van der Waals surface area contributed by atoms with E-state index in [9.17, 15) is 4.79 Å². The molecule has 1 aliphatic heterocycles. The molecule has 0 bridgehead atoms. The molecule has 1 aromatic heterocycles. The maximum absolute atomic E-state index is 12.2. The van der Waals surface area contributed by atoms with Crippen molar-refractivity contribution in [2.45, 2.75) is 18.9 Å². The summed E-state index contributed by atoms with van der Waals surface area (Å²) in [5.74, 6) is 0.231. The number of carbonyl (C=O) groups is 1. The number of carbonyl (C=O) groups excluding carboxylic acids is 1. The number of likely N-dealkylation sites (N-methyl/N-ethyl adjacent to an activating group) is 2. The Balaban J connectivity index is 2.06. The van der Waals surface area contributed by atoms with Crippen LogP contribution in [-0.2, 0) is 0 Å². The highest BCUT2D eigenvalue weighted by Crippen LogP contribution is 2.15. The van der Waals surface area contributed by atoms with Gasteiger partial charge in [-0.15, -0.1) is 0 Å². The Morgan fingerprint density at radius 3 is 2.89 bits per heavy atom. The Morgan fingerprint density at radius 2 is 2.28 bits per heavy atom. The molecule has 98 valence electrons. The van der Waals surface area contributed by atoms with Crippen molar-refractivity contribution in [2.24, 2.45) is 0 Å². The minimum atomic E-state index is -0.0946. The lowest BCUT2D eigenvalue weighted by atomic mass is 10.0. The van der Waals surface area contributed by atoms with Gasteiger partial charge in [-0.3, -0.25) is 4.79 Å². The Morgan fingerprint density at radius 1 is 1.50 bits per heavy atom. The van der Waals surface area contributed by atoms with E-state index < -0.39 is 0 Å². The first-order valence-electron chi connectivity index (χ1n) is 6.11. The van der Waals surface area contributed by atoms with Gasteiger partial charge in [-0.05, 0) is 26.4 Å². The summed E-state index contributed by atoms with van der Waals surface area (Å²) in [6.45, 7) is 2.00. The van der Waals surface area contributed by atoms with Crippen molar-refractivity contribution in [3.05, 3.63) is 18.1 Å². The molecule has 0 saturated carbocycles. The molecule has 2 heterocycles. The van der Waals surface area contributed by atoms with Crippen LogP contribution in [0.25, 0.3) is 0 Å². The number of piperidine rings is 1. The van der Waals surface area contributed by atoms with Crippen molar-refractivity contribution >= 4 is 11.7 Å². The molecule has 0 aliphatic carbocycles. The summed E-state index contributed by atoms with van der Waals surface area (Å²) in [4.78, 5) is 24.1. The van der Waals surface area contributed by atoms with E-state index >= 15 is 0 Å². The van der Waals surface area contributed by atoms with Crippen LogP contribution in [0.5, 0.6) is 0 Å². The van der Waals surface area contributed by atoms with Crippen LogP contribution < -0.4 is 5.73 Å². The van der Waals surface area contributed by atoms with Crippen LogP contribution >= 0.6 is 0 Å². The van der Waals surface area contributed by atoms with Gasteiger partial charge in [0.05, 0.1) is 12.4 Å². The third-order valence-corrected chi connectivity index (χ3v) is 3.36. The zero-order valence-electron chi connectivity index (χ0n) is 10.8. The summed E-state index contributed by atoms with van der Waals surface area (Å²) in [5.41, 5.74) is 5.81. The van der Waals surface area contributed by atoms with Gasteiger partial charge in [0.2, 0.25) is 0 Å². The first kappa shape index (κ1) is 12.8. The average Bonchev–Trinajstić information content (AvgIpc) is 2.38. The molecule has 6 nitrogen and oxygen atoms in total. The van der Waals surface area contributed by atoms with Crippen molar-refractivity contribution in [3.8, 4) is 0 Å². The van der Waals surface area contributed by atoms with Crippen molar-refractivity contribution < 1.29 is 4.79 Å². The monoisotopic (exact) mass is 249 g/mol. The maximum Gasteiger partial charge on any atom is 0.274 e. The molecule has 1 amide bonds. The van der Waals surface area contributed by atoms with E-state index in [0.29, 0.717) is 11.5 Å². The largest absolute Gasteiger partial charge is 0.382 e. The Kier molecular flexibility index (Phi) is 3.76. The number of nitrogens with zero attached hydrogens (tertiary/aromatic N) is 4. The summed E-state index contributed by atoms with van der Waals surface area (Å²) in [7, 11) is 3.90. The first-order chi connectivity index (χ1) is 8.58. The van der Waals surface area contributed by atoms with Gasteiger partial charge in [-0.1, -0.05) is 0 Å². The summed E-state index contributed by atoms with van der Waals surface area (Å²) < 4.78 is 0. The third-order valence-electron chi connectivity index (χ3n) is 3.36. The zero-order valence-corrected chi connectivity index (χ0v) is 10.8. The Bertz CT molecular complexity index is 419. The first-order valence-corrected chi connectivity index (χ1v) is 6.11. The number of rotatable bonds is 2. The van der Waals surface area contributed by atoms with E-state index in [2.05, 4.69) is 21.9 Å². The molecule has 0 radical (unpaired) electrons. The fourth-order valence-electron chi connectivity index (χ4n) is 2.25. The van der Waals surface area contributed by atoms with Gasteiger partial charge in [0.1, 0.15) is 11.5 Å². The lowest BCUT2D eigenvalue weighted by Crippen LogP contribution is -2.47. The van der Waals surface area contributed by atoms with Crippen LogP contribution in [0.3, 0.4) is 0 Å². The number of aromatic nitrogens is 2. The lowest BCUT2D eigenvalue weighted by Gasteiger charge is -2.35. The van der Waals surface area contributed by atoms with E-state index in [4.69, 9.17) is 5.73 Å². The molecule has 0 spiro atoms. The molecule has 2 rings (SSSR count). The van der Waals surface area contributed by atoms with Gasteiger partial charge in [0, 0.05) is 19.6 Å². The summed E-state index contributed by atoms with van der Waals surface area (Å²) >= 11 is 0. The predicted octanol–water partition coefficient (Wildman–Crippen LogP) is 0.225. The summed E-state index contributed by atoms with van der Waals surface area (Å²) in [6.07, 6.45) is 5.00. The fourth-order valence-corrected chi connectivity index (χ4v) is 2.25. The maximum atomic E-state index is 12.2. The molecule has 1 atom stereocenters. The number of likely N-dealkylation sites (tertiary alicyclic amines) is 1. The Labute approximate surface area is 107 Å². The van der Waals surface area contributed by atoms with Crippen molar-refractivity contribution in [1.82, 2.24) is 19.8 Å². The molecule has 1 aliphatic rings. The van der Waals surface area contributed by atoms with E-state index in [1.807, 2.05) is 7.05 Å². The number of nitrogens with two attached hydrogens (primary N) is 1. The topological polar surface area (TPSA) is 75.3 Å². The van der Waals surface area contributed by atoms with Gasteiger partial charge in [-0.2, -0.15) is 0 Å². The highest BCUT2D eigenvalue weighted by Gasteiger charge is 2.25. The van der Waals surface area contributed by atoms with Crippen molar-refractivity contribution in [3.63, 3.8) is 0 Å². The van der Waals surface area contributed by atoms with Crippen LogP contribution in [0.15, 0.2) is 12.4 Å². The number of anilines is 1. The zero-order chi connectivity index (χ0) is 13.1. The van der Waals surface area contributed by atoms with Crippen LogP contribution in [0.1, 0.15) is 23.3 Å². The second-order valence-electron chi connectivity index (χ2n) is 4.80. The van der Waals surface area contributed by atoms with Crippen LogP contribution in [0.2, 0.25) is 0 Å². The Hall–Kier alpha value is -1.69. The van der Waals surface area contributed by atoms with Crippen molar-refractivity contribution in [1.29, 1.82) is 0 Å². The molecule has 1 saturated heterocycles. The van der Waals surface area contributed by atoms with Gasteiger partial charge in [0.15, 0.2) is 0 Å². The second-order valence-corrected chi connectivity index (χ2v) is 4.80. The predicted molar refractivity (Wildman–Crippen MR) is 69.1 cm³/mol. The minimum Gasteiger partial charge on any atom is -0.382 e. The molecule has 1 unspecified atom stereocenters. The van der Waals surface area contributed by atoms with Crippen LogP contribution in [0, 0.1) is 0 Å². The van der Waals surface area contributed by atoms with E-state index in [0.717, 1.165) is 25.9 Å². The van der Waals surface area contributed by atoms with Crippen molar-refractivity contribution in [2.75, 3.05) is 32.9 Å². The highest BCUT2D eigenvalue weighted by molar-refractivity contribution is 5.92. The normalized spacial score (nSPS) is 20.7. The van der Waals surface area contributed by atoms with Gasteiger partial charge < -0.3 is 15.5 Å². The average molecular weight is 249 g/mol. The molecular weight excluding hydrogens is 230 g/mol. The van der Waals surface area contributed by atoms with Crippen LogP contribution in [-0.4, -0.2) is 58.9 Å². The minimum absolute atomic E-state index is 0.0946. The van der Waals surface area contributed by atoms with E-state index in [-0.39, 0.29) is 11.9 Å². The molecule has 6 heteroatoms. The summed E-state index contributed by atoms with van der Waals surface area (Å²) in [6, 6.07) is 0.246.